The van der Waals surface area contributed by atoms with Gasteiger partial charge in [-0.3, -0.25) is 9.59 Å². The maximum Gasteiger partial charge on any atom is 0.313 e. The van der Waals surface area contributed by atoms with Crippen LogP contribution in [0.3, 0.4) is 0 Å². The molecule has 0 unspecified atom stereocenters. The molecule has 0 aromatic heterocycles. The maximum atomic E-state index is 13.3. The van der Waals surface area contributed by atoms with Crippen molar-refractivity contribution < 1.29 is 31.9 Å². The number of halogens is 2. The largest absolute Gasteiger partial charge is 0.481 e. The maximum absolute atomic E-state index is 13.3. The van der Waals surface area contributed by atoms with Crippen molar-refractivity contribution >= 4 is 21.9 Å². The van der Waals surface area contributed by atoms with Crippen LogP contribution in [0.5, 0.6) is 0 Å². The van der Waals surface area contributed by atoms with E-state index in [-0.39, 0.29) is 13.1 Å². The van der Waals surface area contributed by atoms with E-state index in [1.54, 1.807) is 0 Å². The molecule has 2 N–H and O–H groups in total. The number of aliphatic carboxylic acids is 1. The molecule has 23 heavy (non-hydrogen) atoms. The van der Waals surface area contributed by atoms with Gasteiger partial charge in [-0.1, -0.05) is 0 Å². The zero-order valence-electron chi connectivity index (χ0n) is 11.6. The number of nitrogens with one attached hydrogen (secondary N) is 1. The molecule has 1 aromatic rings. The van der Waals surface area contributed by atoms with Crippen LogP contribution in [0.2, 0.25) is 0 Å². The lowest BCUT2D eigenvalue weighted by atomic mass is 9.81. The van der Waals surface area contributed by atoms with E-state index in [0.29, 0.717) is 12.1 Å². The van der Waals surface area contributed by atoms with Crippen molar-refractivity contribution in [2.75, 3.05) is 19.6 Å². The predicted molar refractivity (Wildman–Crippen MR) is 71.7 cm³/mol. The molecule has 124 valence electrons. The van der Waals surface area contributed by atoms with Crippen molar-refractivity contribution in [1.82, 2.24) is 9.62 Å². The topological polar surface area (TPSA) is 104 Å². The third kappa shape index (κ3) is 2.20. The van der Waals surface area contributed by atoms with Crippen molar-refractivity contribution in [1.29, 1.82) is 0 Å². The Labute approximate surface area is 129 Å². The highest BCUT2D eigenvalue weighted by atomic mass is 32.2. The van der Waals surface area contributed by atoms with Crippen LogP contribution in [-0.2, 0) is 19.6 Å². The molecule has 2 heterocycles. The fourth-order valence-corrected chi connectivity index (χ4v) is 4.55. The van der Waals surface area contributed by atoms with Gasteiger partial charge >= 0.3 is 5.97 Å². The predicted octanol–water partition coefficient (Wildman–Crippen LogP) is -0.214. The summed E-state index contributed by atoms with van der Waals surface area (Å²) in [6.07, 6.45) is 0. The first-order valence-corrected chi connectivity index (χ1v) is 8.09. The van der Waals surface area contributed by atoms with E-state index < -0.39 is 56.3 Å². The van der Waals surface area contributed by atoms with Gasteiger partial charge in [-0.25, -0.2) is 17.2 Å². The van der Waals surface area contributed by atoms with Gasteiger partial charge in [0.15, 0.2) is 11.6 Å². The monoisotopic (exact) mass is 346 g/mol. The Kier molecular flexibility index (Phi) is 3.41. The number of rotatable bonds is 3. The summed E-state index contributed by atoms with van der Waals surface area (Å²) in [6, 6.07) is 2.11. The number of sulfonamides is 1. The number of carboxylic acid groups (broad SMARTS) is 1. The molecule has 0 aliphatic carbocycles. The van der Waals surface area contributed by atoms with Crippen molar-refractivity contribution in [3.8, 4) is 0 Å². The van der Waals surface area contributed by atoms with Crippen LogP contribution in [0.25, 0.3) is 0 Å². The molecule has 2 atom stereocenters. The van der Waals surface area contributed by atoms with E-state index in [4.69, 9.17) is 0 Å². The van der Waals surface area contributed by atoms with Gasteiger partial charge in [0.2, 0.25) is 15.9 Å². The van der Waals surface area contributed by atoms with Crippen molar-refractivity contribution in [3.05, 3.63) is 29.8 Å². The standard InChI is InChI=1S/C13H12F2N2O5S/c14-9-2-1-7(3-10(9)15)23(21,22)17-4-8-11(18)16-5-13(8,6-17)12(19)20/h1-3,8H,4-6H2,(H,16,18)(H,19,20)/t8-,13+/m0/s1. The van der Waals surface area contributed by atoms with E-state index in [2.05, 4.69) is 5.32 Å². The number of hydrogen-bond acceptors (Lipinski definition) is 4. The average Bonchev–Trinajstić information content (AvgIpc) is 3.01. The number of hydrogen-bond donors (Lipinski definition) is 2. The molecule has 2 aliphatic heterocycles. The van der Waals surface area contributed by atoms with Crippen molar-refractivity contribution in [2.24, 2.45) is 11.3 Å². The zero-order chi connectivity index (χ0) is 17.0. The second-order valence-electron chi connectivity index (χ2n) is 5.61. The van der Waals surface area contributed by atoms with Gasteiger partial charge in [0.05, 0.1) is 10.8 Å². The molecule has 1 amide bonds. The molecule has 2 saturated heterocycles. The Morgan fingerprint density at radius 3 is 2.61 bits per heavy atom. The molecule has 0 saturated carbocycles. The molecule has 0 radical (unpaired) electrons. The SMILES string of the molecule is O=C1NC[C@@]2(C(=O)O)CN(S(=O)(=O)c3ccc(F)c(F)c3)C[C@@H]12. The number of carbonyl (C=O) groups excluding carboxylic acids is 1. The van der Waals surface area contributed by atoms with Gasteiger partial charge in [-0.15, -0.1) is 0 Å². The van der Waals surface area contributed by atoms with Crippen LogP contribution in [0, 0.1) is 23.0 Å². The smallest absolute Gasteiger partial charge is 0.313 e. The lowest BCUT2D eigenvalue weighted by molar-refractivity contribution is -0.149. The van der Waals surface area contributed by atoms with E-state index in [9.17, 15) is 31.9 Å². The summed E-state index contributed by atoms with van der Waals surface area (Å²) in [4.78, 5) is 22.8. The minimum Gasteiger partial charge on any atom is -0.481 e. The van der Waals surface area contributed by atoms with Gasteiger partial charge in [0, 0.05) is 19.6 Å². The number of amides is 1. The molecule has 2 aliphatic rings. The van der Waals surface area contributed by atoms with Gasteiger partial charge < -0.3 is 10.4 Å². The number of carboxylic acids is 1. The Morgan fingerprint density at radius 1 is 1.35 bits per heavy atom. The molecule has 10 heteroatoms. The molecular weight excluding hydrogens is 334 g/mol. The second-order valence-corrected chi connectivity index (χ2v) is 7.54. The van der Waals surface area contributed by atoms with E-state index >= 15 is 0 Å². The highest BCUT2D eigenvalue weighted by Crippen LogP contribution is 2.42. The fourth-order valence-electron chi connectivity index (χ4n) is 3.01. The Balaban J connectivity index is 1.98. The van der Waals surface area contributed by atoms with Crippen LogP contribution in [0.15, 0.2) is 23.1 Å². The van der Waals surface area contributed by atoms with Crippen LogP contribution in [0.1, 0.15) is 0 Å². The van der Waals surface area contributed by atoms with E-state index in [1.165, 1.54) is 0 Å². The molecule has 0 spiro atoms. The first-order valence-electron chi connectivity index (χ1n) is 6.65. The fraction of sp³-hybridized carbons (Fsp3) is 0.385. The van der Waals surface area contributed by atoms with Crippen molar-refractivity contribution in [3.63, 3.8) is 0 Å². The lowest BCUT2D eigenvalue weighted by Gasteiger charge is -2.21. The number of fused-ring (bicyclic) bond motifs is 1. The molecule has 7 nitrogen and oxygen atoms in total. The summed E-state index contributed by atoms with van der Waals surface area (Å²) in [7, 11) is -4.23. The Bertz CT molecular complexity index is 813. The highest BCUT2D eigenvalue weighted by Gasteiger charge is 2.61. The first-order chi connectivity index (χ1) is 10.7. The summed E-state index contributed by atoms with van der Waals surface area (Å²) in [6.45, 7) is -0.901. The lowest BCUT2D eigenvalue weighted by Crippen LogP contribution is -2.41. The van der Waals surface area contributed by atoms with Crippen LogP contribution < -0.4 is 5.32 Å². The van der Waals surface area contributed by atoms with Crippen LogP contribution in [0.4, 0.5) is 8.78 Å². The normalized spacial score (nSPS) is 27.7. The number of benzene rings is 1. The van der Waals surface area contributed by atoms with Crippen molar-refractivity contribution in [2.45, 2.75) is 4.90 Å². The number of carbonyl (C=O) groups is 2. The summed E-state index contributed by atoms with van der Waals surface area (Å²) < 4.78 is 52.1. The Morgan fingerprint density at radius 2 is 2.04 bits per heavy atom. The van der Waals surface area contributed by atoms with E-state index in [1.807, 2.05) is 0 Å². The average molecular weight is 346 g/mol. The van der Waals surface area contributed by atoms with Crippen LogP contribution >= 0.6 is 0 Å². The second kappa shape index (κ2) is 4.96. The van der Waals surface area contributed by atoms with Gasteiger partial charge in [0.25, 0.3) is 0 Å². The van der Waals surface area contributed by atoms with Gasteiger partial charge in [-0.05, 0) is 18.2 Å². The third-order valence-electron chi connectivity index (χ3n) is 4.36. The summed E-state index contributed by atoms with van der Waals surface area (Å²) in [5, 5.41) is 11.8. The quantitative estimate of drug-likeness (QED) is 0.788. The van der Waals surface area contributed by atoms with Gasteiger partial charge in [0.1, 0.15) is 5.41 Å². The Hall–Kier alpha value is -2.07. The molecule has 3 rings (SSSR count). The third-order valence-corrected chi connectivity index (χ3v) is 6.17. The highest BCUT2D eigenvalue weighted by molar-refractivity contribution is 7.89. The minimum absolute atomic E-state index is 0.171. The number of nitrogens with zero attached hydrogens (tertiary/aromatic N) is 1. The van der Waals surface area contributed by atoms with E-state index in [0.717, 1.165) is 10.4 Å². The zero-order valence-corrected chi connectivity index (χ0v) is 12.4. The summed E-state index contributed by atoms with van der Waals surface area (Å²) in [5.41, 5.74) is -1.54. The molecule has 1 aromatic carbocycles. The van der Waals surface area contributed by atoms with Gasteiger partial charge in [-0.2, -0.15) is 4.31 Å². The first kappa shape index (κ1) is 15.8. The molecular formula is C13H12F2N2O5S. The minimum atomic E-state index is -4.23. The summed E-state index contributed by atoms with van der Waals surface area (Å²) >= 11 is 0. The molecule has 0 bridgehead atoms. The summed E-state index contributed by atoms with van der Waals surface area (Å²) in [5.74, 6) is -5.33. The van der Waals surface area contributed by atoms with Crippen LogP contribution in [-0.4, -0.2) is 49.3 Å². The molecule has 2 fully saturated rings.